The summed E-state index contributed by atoms with van der Waals surface area (Å²) in [7, 11) is 3.96. The lowest BCUT2D eigenvalue weighted by Gasteiger charge is -2.20. The summed E-state index contributed by atoms with van der Waals surface area (Å²) in [5, 5.41) is 2.86. The van der Waals surface area contributed by atoms with Gasteiger partial charge in [-0.1, -0.05) is 12.1 Å². The van der Waals surface area contributed by atoms with Gasteiger partial charge in [0.15, 0.2) is 0 Å². The molecule has 0 saturated heterocycles. The Bertz CT molecular complexity index is 363. The van der Waals surface area contributed by atoms with E-state index < -0.39 is 0 Å². The van der Waals surface area contributed by atoms with E-state index >= 15 is 0 Å². The summed E-state index contributed by atoms with van der Waals surface area (Å²) in [5.41, 5.74) is 6.76. The highest BCUT2D eigenvalue weighted by Crippen LogP contribution is 2.09. The second-order valence-electron chi connectivity index (χ2n) is 4.11. The number of carbonyl (C=O) groups excluding carboxylic acids is 1. The Morgan fingerprint density at radius 1 is 1.44 bits per heavy atom. The van der Waals surface area contributed by atoms with E-state index in [1.54, 1.807) is 18.2 Å². The molecule has 1 amide bonds. The van der Waals surface area contributed by atoms with Gasteiger partial charge in [0.2, 0.25) is 0 Å². The van der Waals surface area contributed by atoms with E-state index in [4.69, 9.17) is 5.73 Å². The number of anilines is 1. The molecule has 0 aliphatic heterocycles. The quantitative estimate of drug-likeness (QED) is 0.744. The molecule has 88 valence electrons. The lowest BCUT2D eigenvalue weighted by Crippen LogP contribution is -2.38. The number of hydrogen-bond acceptors (Lipinski definition) is 3. The molecule has 16 heavy (non-hydrogen) atoms. The maximum Gasteiger partial charge on any atom is 0.253 e. The minimum absolute atomic E-state index is 0.119. The highest BCUT2D eigenvalue weighted by atomic mass is 16.1. The van der Waals surface area contributed by atoms with Crippen LogP contribution in [0, 0.1) is 0 Å². The second-order valence-corrected chi connectivity index (χ2v) is 4.11. The van der Waals surface area contributed by atoms with Crippen molar-refractivity contribution in [2.45, 2.75) is 13.0 Å². The van der Waals surface area contributed by atoms with Crippen molar-refractivity contribution in [2.75, 3.05) is 26.4 Å². The first-order chi connectivity index (χ1) is 7.52. The van der Waals surface area contributed by atoms with Gasteiger partial charge in [-0.15, -0.1) is 0 Å². The number of benzene rings is 1. The Kier molecular flexibility index (Phi) is 4.31. The Labute approximate surface area is 96.4 Å². The Morgan fingerprint density at radius 2 is 2.06 bits per heavy atom. The van der Waals surface area contributed by atoms with E-state index in [0.29, 0.717) is 23.8 Å². The van der Waals surface area contributed by atoms with Gasteiger partial charge in [-0.3, -0.25) is 4.79 Å². The van der Waals surface area contributed by atoms with Crippen molar-refractivity contribution in [1.82, 2.24) is 10.2 Å². The SMILES string of the molecule is CC(CNC(=O)c1ccccc1N)N(C)C. The largest absolute Gasteiger partial charge is 0.398 e. The van der Waals surface area contributed by atoms with Gasteiger partial charge >= 0.3 is 0 Å². The predicted octanol–water partition coefficient (Wildman–Crippen LogP) is 0.949. The van der Waals surface area contributed by atoms with Crippen molar-refractivity contribution >= 4 is 11.6 Å². The Hall–Kier alpha value is -1.55. The number of nitrogens with one attached hydrogen (secondary N) is 1. The summed E-state index contributed by atoms with van der Waals surface area (Å²) in [6.45, 7) is 2.66. The summed E-state index contributed by atoms with van der Waals surface area (Å²) in [4.78, 5) is 13.8. The van der Waals surface area contributed by atoms with E-state index in [0.717, 1.165) is 0 Å². The van der Waals surface area contributed by atoms with Crippen molar-refractivity contribution in [3.05, 3.63) is 29.8 Å². The van der Waals surface area contributed by atoms with Crippen LogP contribution in [0.1, 0.15) is 17.3 Å². The van der Waals surface area contributed by atoms with Gasteiger partial charge in [-0.2, -0.15) is 0 Å². The maximum absolute atomic E-state index is 11.8. The number of nitrogens with zero attached hydrogens (tertiary/aromatic N) is 1. The van der Waals surface area contributed by atoms with Crippen LogP contribution < -0.4 is 11.1 Å². The van der Waals surface area contributed by atoms with Gasteiger partial charge in [0.05, 0.1) is 5.56 Å². The topological polar surface area (TPSA) is 58.4 Å². The van der Waals surface area contributed by atoms with E-state index in [2.05, 4.69) is 17.1 Å². The van der Waals surface area contributed by atoms with Crippen molar-refractivity contribution in [1.29, 1.82) is 0 Å². The van der Waals surface area contributed by atoms with E-state index in [9.17, 15) is 4.79 Å². The van der Waals surface area contributed by atoms with Crippen LogP contribution in [-0.4, -0.2) is 37.5 Å². The first-order valence-corrected chi connectivity index (χ1v) is 5.31. The van der Waals surface area contributed by atoms with Gasteiger partial charge in [0.25, 0.3) is 5.91 Å². The summed E-state index contributed by atoms with van der Waals surface area (Å²) < 4.78 is 0. The molecule has 4 heteroatoms. The van der Waals surface area contributed by atoms with Gasteiger partial charge in [0, 0.05) is 18.3 Å². The lowest BCUT2D eigenvalue weighted by atomic mass is 10.1. The number of hydrogen-bond donors (Lipinski definition) is 2. The van der Waals surface area contributed by atoms with Crippen LogP contribution in [0.25, 0.3) is 0 Å². The minimum atomic E-state index is -0.119. The van der Waals surface area contributed by atoms with Crippen LogP contribution in [0.5, 0.6) is 0 Å². The molecule has 0 aliphatic rings. The predicted molar refractivity (Wildman–Crippen MR) is 66.3 cm³/mol. The number of nitrogens with two attached hydrogens (primary N) is 1. The third kappa shape index (κ3) is 3.24. The molecule has 0 spiro atoms. The number of para-hydroxylation sites is 1. The van der Waals surface area contributed by atoms with Crippen molar-refractivity contribution in [3.63, 3.8) is 0 Å². The van der Waals surface area contributed by atoms with Crippen LogP contribution in [0.4, 0.5) is 5.69 Å². The molecule has 0 aromatic heterocycles. The third-order valence-electron chi connectivity index (χ3n) is 2.64. The van der Waals surface area contributed by atoms with E-state index in [1.807, 2.05) is 20.2 Å². The first kappa shape index (κ1) is 12.5. The molecular formula is C12H19N3O. The molecule has 0 radical (unpaired) electrons. The highest BCUT2D eigenvalue weighted by molar-refractivity contribution is 5.99. The highest BCUT2D eigenvalue weighted by Gasteiger charge is 2.10. The normalized spacial score (nSPS) is 12.5. The molecule has 1 aromatic carbocycles. The number of nitrogen functional groups attached to an aromatic ring is 1. The molecule has 1 atom stereocenters. The van der Waals surface area contributed by atoms with Gasteiger partial charge < -0.3 is 16.0 Å². The monoisotopic (exact) mass is 221 g/mol. The summed E-state index contributed by atoms with van der Waals surface area (Å²) in [6, 6.07) is 7.37. The molecule has 0 bridgehead atoms. The average Bonchev–Trinajstić information content (AvgIpc) is 2.25. The molecule has 0 fully saturated rings. The van der Waals surface area contributed by atoms with Crippen LogP contribution in [0.3, 0.4) is 0 Å². The zero-order valence-electron chi connectivity index (χ0n) is 10.0. The van der Waals surface area contributed by atoms with Crippen molar-refractivity contribution < 1.29 is 4.79 Å². The van der Waals surface area contributed by atoms with Gasteiger partial charge in [-0.25, -0.2) is 0 Å². The zero-order chi connectivity index (χ0) is 12.1. The molecule has 1 aromatic rings. The second kappa shape index (κ2) is 5.51. The number of likely N-dealkylation sites (N-methyl/N-ethyl adjacent to an activating group) is 1. The van der Waals surface area contributed by atoms with Crippen molar-refractivity contribution in [3.8, 4) is 0 Å². The molecule has 1 unspecified atom stereocenters. The van der Waals surface area contributed by atoms with Crippen LogP contribution >= 0.6 is 0 Å². The third-order valence-corrected chi connectivity index (χ3v) is 2.64. The average molecular weight is 221 g/mol. The molecular weight excluding hydrogens is 202 g/mol. The molecule has 0 heterocycles. The number of rotatable bonds is 4. The minimum Gasteiger partial charge on any atom is -0.398 e. The van der Waals surface area contributed by atoms with Crippen LogP contribution in [0.15, 0.2) is 24.3 Å². The molecule has 0 aliphatic carbocycles. The summed E-state index contributed by atoms with van der Waals surface area (Å²) in [6.07, 6.45) is 0. The summed E-state index contributed by atoms with van der Waals surface area (Å²) in [5.74, 6) is -0.119. The number of carbonyl (C=O) groups is 1. The first-order valence-electron chi connectivity index (χ1n) is 5.31. The maximum atomic E-state index is 11.8. The molecule has 4 nitrogen and oxygen atoms in total. The van der Waals surface area contributed by atoms with E-state index in [1.165, 1.54) is 0 Å². The smallest absolute Gasteiger partial charge is 0.253 e. The zero-order valence-corrected chi connectivity index (χ0v) is 10.0. The molecule has 0 saturated carbocycles. The van der Waals surface area contributed by atoms with Gasteiger partial charge in [0.1, 0.15) is 0 Å². The molecule has 3 N–H and O–H groups in total. The fourth-order valence-corrected chi connectivity index (χ4v) is 1.22. The lowest BCUT2D eigenvalue weighted by molar-refractivity contribution is 0.0944. The molecule has 1 rings (SSSR count). The van der Waals surface area contributed by atoms with Gasteiger partial charge in [-0.05, 0) is 33.2 Å². The number of amides is 1. The van der Waals surface area contributed by atoms with E-state index in [-0.39, 0.29) is 5.91 Å². The fourth-order valence-electron chi connectivity index (χ4n) is 1.22. The Morgan fingerprint density at radius 3 is 2.62 bits per heavy atom. The fraction of sp³-hybridized carbons (Fsp3) is 0.417. The standard InChI is InChI=1S/C12H19N3O/c1-9(15(2)3)8-14-12(16)10-6-4-5-7-11(10)13/h4-7,9H,8,13H2,1-3H3,(H,14,16). The van der Waals surface area contributed by atoms with Crippen molar-refractivity contribution in [2.24, 2.45) is 0 Å². The van der Waals surface area contributed by atoms with Crippen LogP contribution in [0.2, 0.25) is 0 Å². The summed E-state index contributed by atoms with van der Waals surface area (Å²) >= 11 is 0. The Balaban J connectivity index is 2.57. The van der Waals surface area contributed by atoms with Crippen LogP contribution in [-0.2, 0) is 0 Å².